The zero-order valence-corrected chi connectivity index (χ0v) is 11.4. The van der Waals surface area contributed by atoms with Crippen LogP contribution in [-0.4, -0.2) is 12.5 Å². The summed E-state index contributed by atoms with van der Waals surface area (Å²) in [5.74, 6) is 0.232. The van der Waals surface area contributed by atoms with Crippen LogP contribution in [-0.2, 0) is 6.54 Å². The summed E-state index contributed by atoms with van der Waals surface area (Å²) in [6.07, 6.45) is 0. The normalized spacial score (nSPS) is 9.67. The molecule has 0 spiro atoms. The number of rotatable bonds is 6. The maximum Gasteiger partial charge on any atom is 0.248 e. The zero-order chi connectivity index (χ0) is 15.1. The van der Waals surface area contributed by atoms with Crippen molar-refractivity contribution in [2.24, 2.45) is 5.73 Å². The Labute approximate surface area is 123 Å². The number of carbonyl (C=O) groups is 1. The van der Waals surface area contributed by atoms with Gasteiger partial charge in [0.15, 0.2) is 6.61 Å². The van der Waals surface area contributed by atoms with Gasteiger partial charge in [-0.3, -0.25) is 4.79 Å². The number of ether oxygens (including phenoxy) is 1. The molecule has 0 radical (unpaired) electrons. The number of amides is 1. The molecule has 0 saturated heterocycles. The zero-order valence-electron chi connectivity index (χ0n) is 11.4. The minimum absolute atomic E-state index is 0.0407. The average molecular weight is 281 g/mol. The maximum atomic E-state index is 11.0. The lowest BCUT2D eigenvalue weighted by molar-refractivity contribution is 0.100. The van der Waals surface area contributed by atoms with Gasteiger partial charge in [-0.05, 0) is 42.0 Å². The molecule has 0 aliphatic rings. The van der Waals surface area contributed by atoms with Crippen molar-refractivity contribution in [3.63, 3.8) is 0 Å². The third-order valence-corrected chi connectivity index (χ3v) is 2.89. The summed E-state index contributed by atoms with van der Waals surface area (Å²) in [4.78, 5) is 11.0. The van der Waals surface area contributed by atoms with Crippen LogP contribution in [0.15, 0.2) is 48.5 Å². The lowest BCUT2D eigenvalue weighted by atomic mass is 10.1. The molecule has 0 bridgehead atoms. The molecule has 0 aromatic heterocycles. The smallest absolute Gasteiger partial charge is 0.248 e. The number of hydrogen-bond donors (Lipinski definition) is 2. The van der Waals surface area contributed by atoms with Crippen LogP contribution in [0.5, 0.6) is 5.75 Å². The van der Waals surface area contributed by atoms with E-state index in [0.717, 1.165) is 11.3 Å². The summed E-state index contributed by atoms with van der Waals surface area (Å²) >= 11 is 0. The molecule has 0 aliphatic carbocycles. The number of carbonyl (C=O) groups excluding carboxylic acids is 1. The van der Waals surface area contributed by atoms with Gasteiger partial charge in [-0.15, -0.1) is 0 Å². The highest BCUT2D eigenvalue weighted by Gasteiger charge is 2.00. The molecule has 3 N–H and O–H groups in total. The van der Waals surface area contributed by atoms with Gasteiger partial charge in [0.2, 0.25) is 5.91 Å². The molecule has 0 saturated carbocycles. The van der Waals surface area contributed by atoms with Crippen LogP contribution in [0.25, 0.3) is 0 Å². The van der Waals surface area contributed by atoms with E-state index < -0.39 is 5.91 Å². The van der Waals surface area contributed by atoms with Crippen LogP contribution in [0.4, 0.5) is 5.69 Å². The summed E-state index contributed by atoms with van der Waals surface area (Å²) in [5.41, 5.74) is 7.68. The van der Waals surface area contributed by atoms with Crippen molar-refractivity contribution in [3.8, 4) is 11.8 Å². The Balaban J connectivity index is 1.90. The van der Waals surface area contributed by atoms with Crippen LogP contribution < -0.4 is 15.8 Å². The molecule has 0 atom stereocenters. The lowest BCUT2D eigenvalue weighted by Gasteiger charge is -2.08. The Kier molecular flexibility index (Phi) is 4.78. The summed E-state index contributed by atoms with van der Waals surface area (Å²) in [6, 6.07) is 16.4. The first-order valence-corrected chi connectivity index (χ1v) is 6.41. The average Bonchev–Trinajstić information content (AvgIpc) is 2.52. The van der Waals surface area contributed by atoms with Crippen LogP contribution in [0.3, 0.4) is 0 Å². The Morgan fingerprint density at radius 1 is 1.14 bits per heavy atom. The Bertz CT molecular complexity index is 643. The first-order valence-electron chi connectivity index (χ1n) is 6.41. The van der Waals surface area contributed by atoms with Gasteiger partial charge < -0.3 is 15.8 Å². The van der Waals surface area contributed by atoms with E-state index in [9.17, 15) is 4.79 Å². The number of hydrogen-bond acceptors (Lipinski definition) is 4. The molecule has 0 aliphatic heterocycles. The minimum Gasteiger partial charge on any atom is -0.479 e. The molecule has 21 heavy (non-hydrogen) atoms. The fourth-order valence-electron chi connectivity index (χ4n) is 1.78. The number of benzene rings is 2. The highest BCUT2D eigenvalue weighted by atomic mass is 16.5. The molecule has 0 unspecified atom stereocenters. The number of nitriles is 1. The molecule has 2 aromatic rings. The third-order valence-electron chi connectivity index (χ3n) is 2.89. The van der Waals surface area contributed by atoms with Crippen molar-refractivity contribution < 1.29 is 9.53 Å². The van der Waals surface area contributed by atoms with Gasteiger partial charge in [0.25, 0.3) is 0 Å². The van der Waals surface area contributed by atoms with Crippen molar-refractivity contribution in [1.82, 2.24) is 0 Å². The summed E-state index contributed by atoms with van der Waals surface area (Å²) in [5, 5.41) is 11.7. The number of primary amides is 1. The molecule has 2 rings (SSSR count). The number of nitrogens with one attached hydrogen (secondary N) is 1. The quantitative estimate of drug-likeness (QED) is 0.850. The van der Waals surface area contributed by atoms with Gasteiger partial charge in [-0.25, -0.2) is 0 Å². The Morgan fingerprint density at radius 3 is 2.38 bits per heavy atom. The number of nitrogens with two attached hydrogens (primary N) is 1. The predicted molar refractivity (Wildman–Crippen MR) is 79.8 cm³/mol. The molecule has 5 nitrogen and oxygen atoms in total. The van der Waals surface area contributed by atoms with Gasteiger partial charge in [0.05, 0.1) is 0 Å². The highest BCUT2D eigenvalue weighted by Crippen LogP contribution is 2.16. The SMILES string of the molecule is N#CCOc1ccc(NCc2ccc(C(N)=O)cc2)cc1. The van der Waals surface area contributed by atoms with Crippen molar-refractivity contribution in [3.05, 3.63) is 59.7 Å². The highest BCUT2D eigenvalue weighted by molar-refractivity contribution is 5.92. The van der Waals surface area contributed by atoms with E-state index in [4.69, 9.17) is 15.7 Å². The van der Waals surface area contributed by atoms with Gasteiger partial charge in [0, 0.05) is 17.8 Å². The van der Waals surface area contributed by atoms with Crippen LogP contribution >= 0.6 is 0 Å². The number of anilines is 1. The second-order valence-electron chi connectivity index (χ2n) is 4.39. The molecule has 1 amide bonds. The van der Waals surface area contributed by atoms with Crippen molar-refractivity contribution >= 4 is 11.6 Å². The molecule has 106 valence electrons. The van der Waals surface area contributed by atoms with Gasteiger partial charge >= 0.3 is 0 Å². The molecular weight excluding hydrogens is 266 g/mol. The van der Waals surface area contributed by atoms with Crippen LogP contribution in [0, 0.1) is 11.3 Å². The Hall–Kier alpha value is -3.00. The lowest BCUT2D eigenvalue weighted by Crippen LogP contribution is -2.10. The minimum atomic E-state index is -0.428. The van der Waals surface area contributed by atoms with E-state index in [1.807, 2.05) is 30.3 Å². The van der Waals surface area contributed by atoms with E-state index in [1.54, 1.807) is 24.3 Å². The summed E-state index contributed by atoms with van der Waals surface area (Å²) in [7, 11) is 0. The standard InChI is InChI=1S/C16H15N3O2/c17-9-10-21-15-7-5-14(6-8-15)19-11-12-1-3-13(4-2-12)16(18)20/h1-8,19H,10-11H2,(H2,18,20). The van der Waals surface area contributed by atoms with Crippen molar-refractivity contribution in [1.29, 1.82) is 5.26 Å². The van der Waals surface area contributed by atoms with Crippen LogP contribution in [0.2, 0.25) is 0 Å². The van der Waals surface area contributed by atoms with E-state index in [1.165, 1.54) is 0 Å². The van der Waals surface area contributed by atoms with Gasteiger partial charge in [-0.2, -0.15) is 5.26 Å². The fourth-order valence-corrected chi connectivity index (χ4v) is 1.78. The largest absolute Gasteiger partial charge is 0.479 e. The third kappa shape index (κ3) is 4.25. The fraction of sp³-hybridized carbons (Fsp3) is 0.125. The van der Waals surface area contributed by atoms with E-state index in [0.29, 0.717) is 17.9 Å². The molecule has 0 heterocycles. The molecule has 5 heteroatoms. The van der Waals surface area contributed by atoms with Crippen LogP contribution in [0.1, 0.15) is 15.9 Å². The Morgan fingerprint density at radius 2 is 1.81 bits per heavy atom. The molecule has 2 aromatic carbocycles. The monoisotopic (exact) mass is 281 g/mol. The first-order chi connectivity index (χ1) is 10.2. The maximum absolute atomic E-state index is 11.0. The number of nitrogens with zero attached hydrogens (tertiary/aromatic N) is 1. The second-order valence-corrected chi connectivity index (χ2v) is 4.39. The second kappa shape index (κ2) is 6.96. The predicted octanol–water partition coefficient (Wildman–Crippen LogP) is 2.30. The van der Waals surface area contributed by atoms with Crippen molar-refractivity contribution in [2.45, 2.75) is 6.54 Å². The topological polar surface area (TPSA) is 88.1 Å². The van der Waals surface area contributed by atoms with E-state index in [-0.39, 0.29) is 6.61 Å². The molecular formula is C16H15N3O2. The first kappa shape index (κ1) is 14.4. The summed E-state index contributed by atoms with van der Waals surface area (Å²) < 4.78 is 5.18. The summed E-state index contributed by atoms with van der Waals surface area (Å²) in [6.45, 7) is 0.677. The molecule has 0 fully saturated rings. The van der Waals surface area contributed by atoms with Gasteiger partial charge in [-0.1, -0.05) is 12.1 Å². The van der Waals surface area contributed by atoms with E-state index in [2.05, 4.69) is 5.32 Å². The van der Waals surface area contributed by atoms with Gasteiger partial charge in [0.1, 0.15) is 11.8 Å². The van der Waals surface area contributed by atoms with E-state index >= 15 is 0 Å². The van der Waals surface area contributed by atoms with Crippen molar-refractivity contribution in [2.75, 3.05) is 11.9 Å².